The molecule has 2 aromatic carbocycles. The number of carbonyl (C=O) groups is 3. The Morgan fingerprint density at radius 1 is 1.09 bits per heavy atom. The molecule has 0 radical (unpaired) electrons. The van der Waals surface area contributed by atoms with E-state index in [1.165, 1.54) is 7.11 Å². The number of hydrogen-bond donors (Lipinski definition) is 1. The van der Waals surface area contributed by atoms with Gasteiger partial charge in [-0.15, -0.1) is 0 Å². The van der Waals surface area contributed by atoms with Gasteiger partial charge in [0.1, 0.15) is 5.75 Å². The van der Waals surface area contributed by atoms with Gasteiger partial charge >= 0.3 is 5.97 Å². The first-order valence-corrected chi connectivity index (χ1v) is 11.0. The van der Waals surface area contributed by atoms with Gasteiger partial charge in [-0.3, -0.25) is 19.0 Å². The number of nitrogens with zero attached hydrogens (tertiary/aromatic N) is 1. The van der Waals surface area contributed by atoms with Crippen LogP contribution in [0.3, 0.4) is 0 Å². The summed E-state index contributed by atoms with van der Waals surface area (Å²) < 4.78 is 17.0. The van der Waals surface area contributed by atoms with Crippen molar-refractivity contribution < 1.29 is 28.6 Å². The minimum absolute atomic E-state index is 0.114. The van der Waals surface area contributed by atoms with Crippen LogP contribution in [0, 0.1) is 6.92 Å². The summed E-state index contributed by atoms with van der Waals surface area (Å²) in [6.07, 6.45) is -0.114. The van der Waals surface area contributed by atoms with Crippen LogP contribution in [0.25, 0.3) is 10.9 Å². The third-order valence-corrected chi connectivity index (χ3v) is 5.60. The number of aromatic nitrogens is 1. The van der Waals surface area contributed by atoms with E-state index in [9.17, 15) is 14.4 Å². The second kappa shape index (κ2) is 11.2. The van der Waals surface area contributed by atoms with E-state index in [-0.39, 0.29) is 18.4 Å². The van der Waals surface area contributed by atoms with E-state index in [0.29, 0.717) is 45.1 Å². The van der Waals surface area contributed by atoms with Crippen LogP contribution < -0.4 is 10.1 Å². The number of rotatable bonds is 9. The zero-order valence-electron chi connectivity index (χ0n) is 19.5. The minimum atomic E-state index is -0.585. The molecule has 0 spiro atoms. The monoisotopic (exact) mass is 486 g/mol. The molecule has 3 rings (SSSR count). The van der Waals surface area contributed by atoms with Crippen LogP contribution >= 0.6 is 11.6 Å². The van der Waals surface area contributed by atoms with Crippen LogP contribution in [0.2, 0.25) is 5.02 Å². The summed E-state index contributed by atoms with van der Waals surface area (Å²) in [7, 11) is 3.08. The number of amides is 1. The quantitative estimate of drug-likeness (QED) is 0.465. The number of halogens is 1. The van der Waals surface area contributed by atoms with Crippen molar-refractivity contribution in [2.24, 2.45) is 0 Å². The van der Waals surface area contributed by atoms with Gasteiger partial charge in [-0.05, 0) is 61.9 Å². The second-order valence-electron chi connectivity index (χ2n) is 7.86. The molecule has 1 heterocycles. The highest BCUT2D eigenvalue weighted by molar-refractivity contribution is 6.30. The fourth-order valence-corrected chi connectivity index (χ4v) is 3.87. The number of esters is 1. The molecule has 1 amide bonds. The van der Waals surface area contributed by atoms with E-state index >= 15 is 0 Å². The Bertz CT molecular complexity index is 1200. The van der Waals surface area contributed by atoms with Crippen molar-refractivity contribution in [2.45, 2.75) is 26.3 Å². The Morgan fingerprint density at radius 3 is 2.44 bits per heavy atom. The molecule has 34 heavy (non-hydrogen) atoms. The molecule has 180 valence electrons. The van der Waals surface area contributed by atoms with Gasteiger partial charge < -0.3 is 19.5 Å². The lowest BCUT2D eigenvalue weighted by molar-refractivity contribution is -0.148. The summed E-state index contributed by atoms with van der Waals surface area (Å²) in [5.41, 5.74) is 2.30. The maximum Gasteiger partial charge on any atom is 0.310 e. The van der Waals surface area contributed by atoms with E-state index in [1.807, 2.05) is 0 Å². The van der Waals surface area contributed by atoms with Crippen molar-refractivity contribution in [2.75, 3.05) is 27.4 Å². The average Bonchev–Trinajstić information content (AvgIpc) is 3.08. The van der Waals surface area contributed by atoms with Crippen molar-refractivity contribution >= 4 is 40.3 Å². The highest BCUT2D eigenvalue weighted by Gasteiger charge is 2.23. The lowest BCUT2D eigenvalue weighted by atomic mass is 10.1. The molecule has 0 aliphatic rings. The van der Waals surface area contributed by atoms with Gasteiger partial charge in [-0.2, -0.15) is 0 Å². The van der Waals surface area contributed by atoms with E-state index in [1.54, 1.807) is 68.0 Å². The number of carbonyl (C=O) groups excluding carboxylic acids is 3. The predicted octanol–water partition coefficient (Wildman–Crippen LogP) is 3.54. The average molecular weight is 487 g/mol. The highest BCUT2D eigenvalue weighted by Crippen LogP contribution is 2.31. The fourth-order valence-electron chi connectivity index (χ4n) is 3.75. The molecular weight excluding hydrogens is 460 g/mol. The van der Waals surface area contributed by atoms with Crippen LogP contribution in [-0.2, 0) is 25.5 Å². The smallest absolute Gasteiger partial charge is 0.310 e. The molecule has 1 N–H and O–H groups in total. The Labute approximate surface area is 202 Å². The molecule has 3 aromatic rings. The van der Waals surface area contributed by atoms with Crippen LogP contribution in [0.5, 0.6) is 5.75 Å². The molecule has 0 aliphatic carbocycles. The number of fused-ring (bicyclic) bond motifs is 1. The Hall–Kier alpha value is -3.36. The molecule has 1 atom stereocenters. The third-order valence-electron chi connectivity index (χ3n) is 5.35. The van der Waals surface area contributed by atoms with Crippen molar-refractivity contribution in [3.05, 3.63) is 64.3 Å². The van der Waals surface area contributed by atoms with Gasteiger partial charge in [0, 0.05) is 34.8 Å². The van der Waals surface area contributed by atoms with Gasteiger partial charge in [0.05, 0.1) is 25.7 Å². The SMILES string of the molecule is COCC(C)NC(=O)COC(=O)Cc1c(C)n(C(=O)c2ccc(Cl)cc2)c2ccc(OC)cc12. The van der Waals surface area contributed by atoms with E-state index in [2.05, 4.69) is 5.32 Å². The van der Waals surface area contributed by atoms with Gasteiger partial charge in [0.25, 0.3) is 11.8 Å². The Morgan fingerprint density at radius 2 is 1.79 bits per heavy atom. The van der Waals surface area contributed by atoms with Crippen LogP contribution in [0.1, 0.15) is 28.5 Å². The zero-order chi connectivity index (χ0) is 24.8. The molecule has 0 aliphatic heterocycles. The lowest BCUT2D eigenvalue weighted by Gasteiger charge is -2.12. The highest BCUT2D eigenvalue weighted by atomic mass is 35.5. The summed E-state index contributed by atoms with van der Waals surface area (Å²) in [6, 6.07) is 11.7. The fraction of sp³-hybridized carbons (Fsp3) is 0.320. The van der Waals surface area contributed by atoms with Crippen molar-refractivity contribution in [1.82, 2.24) is 9.88 Å². The molecule has 9 heteroatoms. The number of methoxy groups -OCH3 is 2. The van der Waals surface area contributed by atoms with Gasteiger partial charge in [-0.1, -0.05) is 11.6 Å². The van der Waals surface area contributed by atoms with Gasteiger partial charge in [-0.25, -0.2) is 0 Å². The van der Waals surface area contributed by atoms with Gasteiger partial charge in [0.2, 0.25) is 0 Å². The van der Waals surface area contributed by atoms with Crippen molar-refractivity contribution in [3.8, 4) is 5.75 Å². The maximum atomic E-state index is 13.3. The van der Waals surface area contributed by atoms with Gasteiger partial charge in [0.15, 0.2) is 6.61 Å². The van der Waals surface area contributed by atoms with E-state index < -0.39 is 18.5 Å². The first kappa shape index (κ1) is 25.3. The number of nitrogens with one attached hydrogen (secondary N) is 1. The minimum Gasteiger partial charge on any atom is -0.497 e. The number of benzene rings is 2. The topological polar surface area (TPSA) is 95.9 Å². The number of ether oxygens (including phenoxy) is 3. The molecule has 0 bridgehead atoms. The largest absolute Gasteiger partial charge is 0.497 e. The molecule has 0 saturated heterocycles. The second-order valence-corrected chi connectivity index (χ2v) is 8.29. The van der Waals surface area contributed by atoms with Crippen molar-refractivity contribution in [1.29, 1.82) is 0 Å². The third kappa shape index (κ3) is 5.76. The molecule has 8 nitrogen and oxygen atoms in total. The van der Waals surface area contributed by atoms with E-state index in [4.69, 9.17) is 25.8 Å². The first-order valence-electron chi connectivity index (χ1n) is 10.7. The Kier molecular flexibility index (Phi) is 8.31. The molecule has 1 aromatic heterocycles. The predicted molar refractivity (Wildman–Crippen MR) is 129 cm³/mol. The molecular formula is C25H27ClN2O6. The normalized spacial score (nSPS) is 11.8. The number of hydrogen-bond acceptors (Lipinski definition) is 6. The summed E-state index contributed by atoms with van der Waals surface area (Å²) in [5.74, 6) is -0.671. The molecule has 0 fully saturated rings. The van der Waals surface area contributed by atoms with Crippen LogP contribution in [0.15, 0.2) is 42.5 Å². The lowest BCUT2D eigenvalue weighted by Crippen LogP contribution is -2.38. The maximum absolute atomic E-state index is 13.3. The molecule has 0 saturated carbocycles. The first-order chi connectivity index (χ1) is 16.2. The van der Waals surface area contributed by atoms with Crippen molar-refractivity contribution in [3.63, 3.8) is 0 Å². The summed E-state index contributed by atoms with van der Waals surface area (Å²) in [6.45, 7) is 3.49. The summed E-state index contributed by atoms with van der Waals surface area (Å²) >= 11 is 5.96. The van der Waals surface area contributed by atoms with Crippen LogP contribution in [0.4, 0.5) is 0 Å². The standard InChI is InChI=1S/C25H27ClN2O6/c1-15(13-32-3)27-23(29)14-34-24(30)12-20-16(2)28(22-10-9-19(33-4)11-21(20)22)25(31)17-5-7-18(26)8-6-17/h5-11,15H,12-14H2,1-4H3,(H,27,29). The Balaban J connectivity index is 1.87. The van der Waals surface area contributed by atoms with E-state index in [0.717, 1.165) is 0 Å². The summed E-state index contributed by atoms with van der Waals surface area (Å²) in [4.78, 5) is 37.9. The summed E-state index contributed by atoms with van der Waals surface area (Å²) in [5, 5.41) is 3.90. The van der Waals surface area contributed by atoms with Crippen LogP contribution in [-0.4, -0.2) is 55.8 Å². The molecule has 1 unspecified atom stereocenters. The zero-order valence-corrected chi connectivity index (χ0v) is 20.3.